The molecule has 1 N–H and O–H groups in total. The van der Waals surface area contributed by atoms with Crippen LogP contribution in [-0.4, -0.2) is 31.0 Å². The highest BCUT2D eigenvalue weighted by molar-refractivity contribution is 6.03. The van der Waals surface area contributed by atoms with Gasteiger partial charge in [0.05, 0.1) is 5.69 Å². The molecule has 0 saturated carbocycles. The SMILES string of the molecule is C=CCNC(=O)CN1C(=O)[C@H](C)Oc2ccccc21. The summed E-state index contributed by atoms with van der Waals surface area (Å²) in [6.07, 6.45) is 1.01. The Morgan fingerprint density at radius 1 is 1.53 bits per heavy atom. The van der Waals surface area contributed by atoms with Gasteiger partial charge in [-0.05, 0) is 19.1 Å². The lowest BCUT2D eigenvalue weighted by Gasteiger charge is -2.32. The van der Waals surface area contributed by atoms with Gasteiger partial charge in [0.1, 0.15) is 12.3 Å². The van der Waals surface area contributed by atoms with E-state index in [9.17, 15) is 9.59 Å². The molecule has 0 radical (unpaired) electrons. The molecule has 5 heteroatoms. The largest absolute Gasteiger partial charge is 0.479 e. The average Bonchev–Trinajstić information content (AvgIpc) is 2.41. The highest BCUT2D eigenvalue weighted by Gasteiger charge is 2.32. The number of hydrogen-bond acceptors (Lipinski definition) is 3. The molecule has 0 fully saturated rings. The van der Waals surface area contributed by atoms with Crippen molar-refractivity contribution in [1.82, 2.24) is 5.32 Å². The lowest BCUT2D eigenvalue weighted by Crippen LogP contribution is -2.48. The predicted molar refractivity (Wildman–Crippen MR) is 72.1 cm³/mol. The van der Waals surface area contributed by atoms with Crippen LogP contribution in [0.4, 0.5) is 5.69 Å². The summed E-state index contributed by atoms with van der Waals surface area (Å²) in [6, 6.07) is 7.18. The lowest BCUT2D eigenvalue weighted by molar-refractivity contribution is -0.128. The molecule has 0 bridgehead atoms. The van der Waals surface area contributed by atoms with E-state index < -0.39 is 6.10 Å². The standard InChI is InChI=1S/C14H16N2O3/c1-3-8-15-13(17)9-16-11-6-4-5-7-12(11)19-10(2)14(16)18/h3-7,10H,1,8-9H2,2H3,(H,15,17)/t10-/m0/s1. The van der Waals surface area contributed by atoms with E-state index in [1.54, 1.807) is 31.2 Å². The van der Waals surface area contributed by atoms with E-state index in [2.05, 4.69) is 11.9 Å². The second-order valence-corrected chi connectivity index (χ2v) is 4.24. The molecule has 19 heavy (non-hydrogen) atoms. The monoisotopic (exact) mass is 260 g/mol. The molecule has 1 heterocycles. The van der Waals surface area contributed by atoms with Crippen LogP contribution in [0.25, 0.3) is 0 Å². The Hall–Kier alpha value is -2.30. The molecular weight excluding hydrogens is 244 g/mol. The van der Waals surface area contributed by atoms with E-state index in [0.29, 0.717) is 18.0 Å². The molecule has 1 aromatic rings. The van der Waals surface area contributed by atoms with Crippen molar-refractivity contribution in [2.24, 2.45) is 0 Å². The van der Waals surface area contributed by atoms with Crippen LogP contribution < -0.4 is 15.0 Å². The second-order valence-electron chi connectivity index (χ2n) is 4.24. The Labute approximate surface area is 111 Å². The molecule has 1 aliphatic rings. The van der Waals surface area contributed by atoms with Crippen LogP contribution in [0.2, 0.25) is 0 Å². The van der Waals surface area contributed by atoms with Gasteiger partial charge in [-0.3, -0.25) is 14.5 Å². The van der Waals surface area contributed by atoms with Crippen molar-refractivity contribution >= 4 is 17.5 Å². The van der Waals surface area contributed by atoms with Gasteiger partial charge >= 0.3 is 0 Å². The first-order valence-corrected chi connectivity index (χ1v) is 6.08. The molecule has 5 nitrogen and oxygen atoms in total. The molecule has 1 aliphatic heterocycles. The van der Waals surface area contributed by atoms with Gasteiger partial charge in [-0.25, -0.2) is 0 Å². The Morgan fingerprint density at radius 3 is 3.00 bits per heavy atom. The topological polar surface area (TPSA) is 58.6 Å². The van der Waals surface area contributed by atoms with E-state index in [1.165, 1.54) is 4.90 Å². The first kappa shape index (κ1) is 13.1. The zero-order valence-electron chi connectivity index (χ0n) is 10.8. The summed E-state index contributed by atoms with van der Waals surface area (Å²) in [5.41, 5.74) is 0.624. The normalized spacial score (nSPS) is 17.4. The number of carbonyl (C=O) groups excluding carboxylic acids is 2. The van der Waals surface area contributed by atoms with Crippen molar-refractivity contribution in [3.63, 3.8) is 0 Å². The molecule has 2 amide bonds. The van der Waals surface area contributed by atoms with Crippen LogP contribution in [0, 0.1) is 0 Å². The third kappa shape index (κ3) is 2.76. The number of ether oxygens (including phenoxy) is 1. The third-order valence-corrected chi connectivity index (χ3v) is 2.82. The lowest BCUT2D eigenvalue weighted by atomic mass is 10.2. The summed E-state index contributed by atoms with van der Waals surface area (Å²) in [7, 11) is 0. The van der Waals surface area contributed by atoms with E-state index in [0.717, 1.165) is 0 Å². The summed E-state index contributed by atoms with van der Waals surface area (Å²) >= 11 is 0. The van der Waals surface area contributed by atoms with Crippen molar-refractivity contribution in [3.8, 4) is 5.75 Å². The number of rotatable bonds is 4. The minimum absolute atomic E-state index is 0.0165. The van der Waals surface area contributed by atoms with Crippen molar-refractivity contribution in [2.45, 2.75) is 13.0 Å². The Bertz CT molecular complexity index is 513. The fraction of sp³-hybridized carbons (Fsp3) is 0.286. The highest BCUT2D eigenvalue weighted by Crippen LogP contribution is 2.33. The summed E-state index contributed by atoms with van der Waals surface area (Å²) in [5, 5.41) is 2.65. The van der Waals surface area contributed by atoms with Crippen LogP contribution in [0.15, 0.2) is 36.9 Å². The van der Waals surface area contributed by atoms with Gasteiger partial charge in [-0.2, -0.15) is 0 Å². The van der Waals surface area contributed by atoms with E-state index in [-0.39, 0.29) is 18.4 Å². The number of benzene rings is 1. The number of nitrogens with zero attached hydrogens (tertiary/aromatic N) is 1. The van der Waals surface area contributed by atoms with Gasteiger partial charge in [0.2, 0.25) is 5.91 Å². The van der Waals surface area contributed by atoms with Crippen molar-refractivity contribution in [1.29, 1.82) is 0 Å². The van der Waals surface area contributed by atoms with Gasteiger partial charge in [0.15, 0.2) is 6.10 Å². The Morgan fingerprint density at radius 2 is 2.26 bits per heavy atom. The van der Waals surface area contributed by atoms with Crippen molar-refractivity contribution < 1.29 is 14.3 Å². The highest BCUT2D eigenvalue weighted by atomic mass is 16.5. The van der Waals surface area contributed by atoms with E-state index in [4.69, 9.17) is 4.74 Å². The maximum absolute atomic E-state index is 12.1. The van der Waals surface area contributed by atoms with Gasteiger partial charge < -0.3 is 10.1 Å². The molecule has 0 aromatic heterocycles. The summed E-state index contributed by atoms with van der Waals surface area (Å²) in [6.45, 7) is 5.57. The molecule has 0 saturated heterocycles. The number of amides is 2. The minimum atomic E-state index is -0.581. The van der Waals surface area contributed by atoms with Crippen LogP contribution in [0.5, 0.6) is 5.75 Å². The minimum Gasteiger partial charge on any atom is -0.479 e. The predicted octanol–water partition coefficient (Wildman–Crippen LogP) is 1.10. The van der Waals surface area contributed by atoms with Crippen molar-refractivity contribution in [2.75, 3.05) is 18.0 Å². The van der Waals surface area contributed by atoms with Crippen LogP contribution in [-0.2, 0) is 9.59 Å². The number of hydrogen-bond donors (Lipinski definition) is 1. The molecule has 0 aliphatic carbocycles. The average molecular weight is 260 g/mol. The molecule has 0 spiro atoms. The van der Waals surface area contributed by atoms with Crippen molar-refractivity contribution in [3.05, 3.63) is 36.9 Å². The number of fused-ring (bicyclic) bond motifs is 1. The zero-order chi connectivity index (χ0) is 13.8. The fourth-order valence-corrected chi connectivity index (χ4v) is 1.91. The van der Waals surface area contributed by atoms with Gasteiger partial charge in [0.25, 0.3) is 5.91 Å². The summed E-state index contributed by atoms with van der Waals surface area (Å²) in [5.74, 6) is 0.177. The van der Waals surface area contributed by atoms with Crippen LogP contribution >= 0.6 is 0 Å². The fourth-order valence-electron chi connectivity index (χ4n) is 1.91. The molecule has 1 atom stereocenters. The van der Waals surface area contributed by atoms with Crippen LogP contribution in [0.3, 0.4) is 0 Å². The summed E-state index contributed by atoms with van der Waals surface area (Å²) in [4.78, 5) is 25.3. The van der Waals surface area contributed by atoms with E-state index in [1.807, 2.05) is 6.07 Å². The smallest absolute Gasteiger partial charge is 0.268 e. The Kier molecular flexibility index (Phi) is 3.85. The molecule has 2 rings (SSSR count). The first-order valence-electron chi connectivity index (χ1n) is 6.08. The van der Waals surface area contributed by atoms with Gasteiger partial charge in [0, 0.05) is 6.54 Å². The summed E-state index contributed by atoms with van der Waals surface area (Å²) < 4.78 is 5.50. The maximum Gasteiger partial charge on any atom is 0.268 e. The van der Waals surface area contributed by atoms with Gasteiger partial charge in [-0.1, -0.05) is 18.2 Å². The number of carbonyl (C=O) groups is 2. The molecule has 0 unspecified atom stereocenters. The second kappa shape index (κ2) is 5.56. The number of anilines is 1. The maximum atomic E-state index is 12.1. The number of para-hydroxylation sites is 2. The van der Waals surface area contributed by atoms with Crippen LogP contribution in [0.1, 0.15) is 6.92 Å². The number of nitrogens with one attached hydrogen (secondary N) is 1. The molecular formula is C14H16N2O3. The molecule has 100 valence electrons. The first-order chi connectivity index (χ1) is 9.13. The van der Waals surface area contributed by atoms with E-state index >= 15 is 0 Å². The third-order valence-electron chi connectivity index (χ3n) is 2.82. The quantitative estimate of drug-likeness (QED) is 0.825. The molecule has 1 aromatic carbocycles. The Balaban J connectivity index is 2.20. The zero-order valence-corrected chi connectivity index (χ0v) is 10.8. The van der Waals surface area contributed by atoms with Gasteiger partial charge in [-0.15, -0.1) is 6.58 Å².